The molecule has 4 nitrogen and oxygen atoms in total. The van der Waals surface area contributed by atoms with E-state index >= 15 is 0 Å². The molecule has 2 atom stereocenters. The van der Waals surface area contributed by atoms with E-state index in [0.717, 1.165) is 0 Å². The summed E-state index contributed by atoms with van der Waals surface area (Å²) < 4.78 is 0. The fourth-order valence-corrected chi connectivity index (χ4v) is 3.39. The Balaban J connectivity index is 1.52. The van der Waals surface area contributed by atoms with E-state index in [-0.39, 0.29) is 34.8 Å². The van der Waals surface area contributed by atoms with Gasteiger partial charge in [-0.1, -0.05) is 44.2 Å². The van der Waals surface area contributed by atoms with E-state index in [4.69, 9.17) is 0 Å². The SMILES string of the molecule is CC1(C)C2C(=O)N(CCCC(=O)c3ccccc3)C(=O)C21. The van der Waals surface area contributed by atoms with Crippen LogP contribution in [-0.2, 0) is 9.59 Å². The summed E-state index contributed by atoms with van der Waals surface area (Å²) in [6, 6.07) is 9.09. The molecule has 1 aliphatic carbocycles. The fraction of sp³-hybridized carbons (Fsp3) is 0.471. The van der Waals surface area contributed by atoms with E-state index < -0.39 is 0 Å². The van der Waals surface area contributed by atoms with Crippen molar-refractivity contribution in [3.63, 3.8) is 0 Å². The number of likely N-dealkylation sites (tertiary alicyclic amines) is 1. The van der Waals surface area contributed by atoms with Crippen molar-refractivity contribution in [2.24, 2.45) is 17.3 Å². The molecule has 0 aromatic heterocycles. The quantitative estimate of drug-likeness (QED) is 0.616. The van der Waals surface area contributed by atoms with Gasteiger partial charge < -0.3 is 0 Å². The number of rotatable bonds is 5. The van der Waals surface area contributed by atoms with Crippen LogP contribution in [0, 0.1) is 17.3 Å². The number of piperidine rings is 1. The lowest BCUT2D eigenvalue weighted by atomic mass is 10.0. The highest BCUT2D eigenvalue weighted by atomic mass is 16.2. The second-order valence-corrected chi connectivity index (χ2v) is 6.50. The number of carbonyl (C=O) groups excluding carboxylic acids is 3. The van der Waals surface area contributed by atoms with Gasteiger partial charge in [-0.15, -0.1) is 0 Å². The summed E-state index contributed by atoms with van der Waals surface area (Å²) in [6.45, 7) is 4.29. The van der Waals surface area contributed by atoms with Crippen LogP contribution >= 0.6 is 0 Å². The molecule has 4 heteroatoms. The van der Waals surface area contributed by atoms with Crippen LogP contribution in [0.25, 0.3) is 0 Å². The van der Waals surface area contributed by atoms with Crippen LogP contribution in [0.3, 0.4) is 0 Å². The summed E-state index contributed by atoms with van der Waals surface area (Å²) in [4.78, 5) is 37.6. The lowest BCUT2D eigenvalue weighted by molar-refractivity contribution is -0.143. The van der Waals surface area contributed by atoms with Gasteiger partial charge in [0, 0.05) is 18.5 Å². The Kier molecular flexibility index (Phi) is 3.19. The van der Waals surface area contributed by atoms with Gasteiger partial charge in [0.25, 0.3) is 0 Å². The topological polar surface area (TPSA) is 54.5 Å². The van der Waals surface area contributed by atoms with Crippen LogP contribution in [0.1, 0.15) is 37.0 Å². The molecule has 0 N–H and O–H groups in total. The molecule has 0 spiro atoms. The highest BCUT2D eigenvalue weighted by Crippen LogP contribution is 2.63. The molecule has 0 bridgehead atoms. The average molecular weight is 285 g/mol. The lowest BCUT2D eigenvalue weighted by Gasteiger charge is -2.20. The highest BCUT2D eigenvalue weighted by molar-refractivity contribution is 6.10. The molecular formula is C17H19NO3. The second-order valence-electron chi connectivity index (χ2n) is 6.50. The number of carbonyl (C=O) groups is 3. The maximum Gasteiger partial charge on any atom is 0.233 e. The molecule has 1 heterocycles. The first-order chi connectivity index (χ1) is 9.94. The maximum absolute atomic E-state index is 12.1. The summed E-state index contributed by atoms with van der Waals surface area (Å²) in [5.41, 5.74) is 0.519. The molecule has 1 aromatic rings. The Hall–Kier alpha value is -1.97. The van der Waals surface area contributed by atoms with Crippen LogP contribution < -0.4 is 0 Å². The Labute approximate surface area is 124 Å². The Morgan fingerprint density at radius 2 is 1.67 bits per heavy atom. The molecule has 2 fully saturated rings. The summed E-state index contributed by atoms with van der Waals surface area (Å²) in [5, 5.41) is 0. The number of imide groups is 1. The number of nitrogens with zero attached hydrogens (tertiary/aromatic N) is 1. The number of benzene rings is 1. The number of amides is 2. The van der Waals surface area contributed by atoms with Crippen molar-refractivity contribution in [2.45, 2.75) is 26.7 Å². The zero-order chi connectivity index (χ0) is 15.2. The molecule has 1 saturated carbocycles. The summed E-state index contributed by atoms with van der Waals surface area (Å²) in [5.74, 6) is -0.311. The van der Waals surface area contributed by atoms with Crippen molar-refractivity contribution in [3.8, 4) is 0 Å². The number of ketones is 1. The smallest absolute Gasteiger partial charge is 0.233 e. The van der Waals surface area contributed by atoms with E-state index in [2.05, 4.69) is 0 Å². The molecule has 2 unspecified atom stereocenters. The summed E-state index contributed by atoms with van der Waals surface area (Å²) in [6.07, 6.45) is 0.894. The first-order valence-corrected chi connectivity index (χ1v) is 7.38. The minimum absolute atomic E-state index is 0.0536. The predicted octanol–water partition coefficient (Wildman–Crippen LogP) is 2.29. The van der Waals surface area contributed by atoms with Crippen molar-refractivity contribution >= 4 is 17.6 Å². The largest absolute Gasteiger partial charge is 0.294 e. The summed E-state index contributed by atoms with van der Waals surface area (Å²) in [7, 11) is 0. The Morgan fingerprint density at radius 3 is 2.24 bits per heavy atom. The minimum Gasteiger partial charge on any atom is -0.294 e. The average Bonchev–Trinajstić information content (AvgIpc) is 2.94. The predicted molar refractivity (Wildman–Crippen MR) is 77.5 cm³/mol. The molecule has 2 aliphatic rings. The van der Waals surface area contributed by atoms with Gasteiger partial charge in [-0.25, -0.2) is 0 Å². The third-order valence-electron chi connectivity index (χ3n) is 4.77. The molecule has 21 heavy (non-hydrogen) atoms. The van der Waals surface area contributed by atoms with Gasteiger partial charge in [-0.3, -0.25) is 19.3 Å². The number of hydrogen-bond acceptors (Lipinski definition) is 3. The van der Waals surface area contributed by atoms with Crippen molar-refractivity contribution in [1.82, 2.24) is 4.90 Å². The van der Waals surface area contributed by atoms with E-state index in [9.17, 15) is 14.4 Å². The fourth-order valence-electron chi connectivity index (χ4n) is 3.39. The standard InChI is InChI=1S/C17H19NO3/c1-17(2)13-14(17)16(21)18(15(13)20)10-6-9-12(19)11-7-4-3-5-8-11/h3-5,7-8,13-14H,6,9-10H2,1-2H3. The molecule has 1 aliphatic heterocycles. The molecule has 0 radical (unpaired) electrons. The molecule has 1 aromatic carbocycles. The minimum atomic E-state index is -0.162. The van der Waals surface area contributed by atoms with Crippen LogP contribution in [-0.4, -0.2) is 29.0 Å². The molecule has 2 amide bonds. The third-order valence-corrected chi connectivity index (χ3v) is 4.77. The van der Waals surface area contributed by atoms with Gasteiger partial charge in [0.2, 0.25) is 11.8 Å². The van der Waals surface area contributed by atoms with E-state index in [1.54, 1.807) is 12.1 Å². The van der Waals surface area contributed by atoms with Gasteiger partial charge in [-0.2, -0.15) is 0 Å². The van der Waals surface area contributed by atoms with Crippen molar-refractivity contribution in [3.05, 3.63) is 35.9 Å². The van der Waals surface area contributed by atoms with E-state index in [0.29, 0.717) is 24.9 Å². The lowest BCUT2D eigenvalue weighted by Crippen LogP contribution is -2.37. The van der Waals surface area contributed by atoms with E-state index in [1.165, 1.54) is 4.90 Å². The first kappa shape index (κ1) is 14.0. The van der Waals surface area contributed by atoms with Crippen molar-refractivity contribution < 1.29 is 14.4 Å². The number of hydrogen-bond donors (Lipinski definition) is 0. The zero-order valence-electron chi connectivity index (χ0n) is 12.3. The van der Waals surface area contributed by atoms with Gasteiger partial charge in [0.1, 0.15) is 0 Å². The molecule has 110 valence electrons. The zero-order valence-corrected chi connectivity index (χ0v) is 12.3. The van der Waals surface area contributed by atoms with Gasteiger partial charge in [0.15, 0.2) is 5.78 Å². The molecular weight excluding hydrogens is 266 g/mol. The van der Waals surface area contributed by atoms with Crippen LogP contribution in [0.2, 0.25) is 0 Å². The number of Topliss-reactive ketones (excluding diaryl/α,β-unsaturated/α-hetero) is 1. The number of fused-ring (bicyclic) bond motifs is 1. The highest BCUT2D eigenvalue weighted by Gasteiger charge is 2.72. The van der Waals surface area contributed by atoms with Gasteiger partial charge in [0.05, 0.1) is 11.8 Å². The molecule has 1 saturated heterocycles. The summed E-state index contributed by atoms with van der Waals surface area (Å²) >= 11 is 0. The molecule has 3 rings (SSSR count). The van der Waals surface area contributed by atoms with Gasteiger partial charge >= 0.3 is 0 Å². The Morgan fingerprint density at radius 1 is 1.10 bits per heavy atom. The van der Waals surface area contributed by atoms with Crippen LogP contribution in [0.15, 0.2) is 30.3 Å². The van der Waals surface area contributed by atoms with Gasteiger partial charge in [-0.05, 0) is 11.8 Å². The van der Waals surface area contributed by atoms with E-state index in [1.807, 2.05) is 32.0 Å². The van der Waals surface area contributed by atoms with Crippen molar-refractivity contribution in [2.75, 3.05) is 6.54 Å². The maximum atomic E-state index is 12.1. The monoisotopic (exact) mass is 285 g/mol. The second kappa shape index (κ2) is 4.79. The van der Waals surface area contributed by atoms with Crippen LogP contribution in [0.5, 0.6) is 0 Å². The first-order valence-electron chi connectivity index (χ1n) is 7.38. The van der Waals surface area contributed by atoms with Crippen LogP contribution in [0.4, 0.5) is 0 Å². The third kappa shape index (κ3) is 2.19. The normalized spacial score (nSPS) is 25.9. The van der Waals surface area contributed by atoms with Crippen molar-refractivity contribution in [1.29, 1.82) is 0 Å². The Bertz CT molecular complexity index is 582.